The van der Waals surface area contributed by atoms with Crippen molar-refractivity contribution in [3.8, 4) is 0 Å². The second-order valence-electron chi connectivity index (χ2n) is 6.18. The summed E-state index contributed by atoms with van der Waals surface area (Å²) < 4.78 is 0. The van der Waals surface area contributed by atoms with Crippen molar-refractivity contribution < 1.29 is 19.8 Å². The number of thioether (sulfide) groups is 2. The van der Waals surface area contributed by atoms with Crippen molar-refractivity contribution >= 4 is 35.4 Å². The van der Waals surface area contributed by atoms with E-state index >= 15 is 0 Å². The van der Waals surface area contributed by atoms with Crippen LogP contribution in [0.15, 0.2) is 12.2 Å². The molecule has 1 fully saturated rings. The van der Waals surface area contributed by atoms with Crippen LogP contribution < -0.4 is 0 Å². The molecule has 0 aromatic heterocycles. The zero-order chi connectivity index (χ0) is 18.5. The number of nitrogens with zero attached hydrogens (tertiary/aromatic N) is 1. The summed E-state index contributed by atoms with van der Waals surface area (Å²) in [5.74, 6) is 2.83. The molecule has 144 valence electrons. The number of carbonyl (C=O) groups is 2. The zero-order valence-electron chi connectivity index (χ0n) is 15.1. The van der Waals surface area contributed by atoms with Crippen molar-refractivity contribution in [2.24, 2.45) is 0 Å². The molecule has 2 N–H and O–H groups in total. The van der Waals surface area contributed by atoms with Crippen molar-refractivity contribution in [1.82, 2.24) is 4.90 Å². The molecule has 1 heterocycles. The highest BCUT2D eigenvalue weighted by molar-refractivity contribution is 7.99. The molecule has 7 heteroatoms. The number of rotatable bonds is 14. The number of hydrogen-bond donors (Lipinski definition) is 2. The van der Waals surface area contributed by atoms with Gasteiger partial charge >= 0.3 is 5.97 Å². The van der Waals surface area contributed by atoms with Crippen LogP contribution >= 0.6 is 23.5 Å². The predicted molar refractivity (Wildman–Crippen MR) is 106 cm³/mol. The molecule has 1 amide bonds. The van der Waals surface area contributed by atoms with Crippen molar-refractivity contribution in [2.75, 3.05) is 29.6 Å². The van der Waals surface area contributed by atoms with Crippen molar-refractivity contribution in [3.05, 3.63) is 12.2 Å². The molecule has 0 aliphatic carbocycles. The van der Waals surface area contributed by atoms with Gasteiger partial charge in [0.1, 0.15) is 0 Å². The van der Waals surface area contributed by atoms with E-state index in [0.717, 1.165) is 23.7 Å². The molecule has 0 aromatic carbocycles. The lowest BCUT2D eigenvalue weighted by Crippen LogP contribution is -2.34. The number of amides is 1. The molecule has 0 spiro atoms. The molecule has 0 aromatic rings. The molecule has 2 atom stereocenters. The molecule has 1 aliphatic rings. The first-order chi connectivity index (χ1) is 12.0. The topological polar surface area (TPSA) is 77.8 Å². The minimum atomic E-state index is -0.757. The number of likely N-dealkylation sites (tertiary alicyclic amines) is 1. The summed E-state index contributed by atoms with van der Waals surface area (Å²) in [6, 6.07) is 0.0856. The maximum atomic E-state index is 12.0. The Labute approximate surface area is 159 Å². The average Bonchev–Trinajstić information content (AvgIpc) is 2.93. The average molecular weight is 390 g/mol. The summed E-state index contributed by atoms with van der Waals surface area (Å²) in [6.07, 6.45) is 7.95. The lowest BCUT2D eigenvalue weighted by molar-refractivity contribution is -0.137. The van der Waals surface area contributed by atoms with Crippen molar-refractivity contribution in [2.45, 2.75) is 57.6 Å². The van der Waals surface area contributed by atoms with E-state index in [4.69, 9.17) is 5.11 Å². The van der Waals surface area contributed by atoms with Gasteiger partial charge in [-0.15, -0.1) is 0 Å². The fourth-order valence-electron chi connectivity index (χ4n) is 2.60. The van der Waals surface area contributed by atoms with Gasteiger partial charge in [-0.3, -0.25) is 9.59 Å². The van der Waals surface area contributed by atoms with E-state index in [-0.39, 0.29) is 18.4 Å². The van der Waals surface area contributed by atoms with E-state index in [1.807, 2.05) is 17.1 Å². The first-order valence-electron chi connectivity index (χ1n) is 9.07. The fraction of sp³-hybridized carbons (Fsp3) is 0.778. The molecule has 0 saturated carbocycles. The van der Waals surface area contributed by atoms with Crippen LogP contribution in [0, 0.1) is 0 Å². The normalized spacial score (nSPS) is 19.0. The summed E-state index contributed by atoms with van der Waals surface area (Å²) in [4.78, 5) is 24.4. The van der Waals surface area contributed by atoms with Gasteiger partial charge in [-0.05, 0) is 30.8 Å². The minimum absolute atomic E-state index is 0.0856. The van der Waals surface area contributed by atoms with Gasteiger partial charge in [-0.2, -0.15) is 23.5 Å². The summed E-state index contributed by atoms with van der Waals surface area (Å²) in [5, 5.41) is 18.6. The number of hydrogen-bond acceptors (Lipinski definition) is 5. The van der Waals surface area contributed by atoms with Crippen LogP contribution in [0.2, 0.25) is 0 Å². The van der Waals surface area contributed by atoms with Gasteiger partial charge in [0.2, 0.25) is 5.91 Å². The van der Waals surface area contributed by atoms with E-state index in [0.29, 0.717) is 25.1 Å². The highest BCUT2D eigenvalue weighted by atomic mass is 32.2. The third-order valence-electron chi connectivity index (χ3n) is 4.02. The Balaban J connectivity index is 2.26. The van der Waals surface area contributed by atoms with Gasteiger partial charge < -0.3 is 15.1 Å². The Hall–Kier alpha value is -0.660. The van der Waals surface area contributed by atoms with E-state index in [1.54, 1.807) is 23.5 Å². The van der Waals surface area contributed by atoms with E-state index in [2.05, 4.69) is 6.92 Å². The van der Waals surface area contributed by atoms with Gasteiger partial charge in [0.15, 0.2) is 0 Å². The molecular formula is C18H31NO4S2. The van der Waals surface area contributed by atoms with Crippen LogP contribution in [0.3, 0.4) is 0 Å². The van der Waals surface area contributed by atoms with Crippen molar-refractivity contribution in [3.63, 3.8) is 0 Å². The molecule has 1 saturated heterocycles. The second-order valence-corrected chi connectivity index (χ2v) is 8.56. The third-order valence-corrected chi connectivity index (χ3v) is 6.22. The Morgan fingerprint density at radius 3 is 2.80 bits per heavy atom. The number of aliphatic hydroxyl groups is 1. The Morgan fingerprint density at radius 1 is 1.32 bits per heavy atom. The number of unbranched alkanes of at least 4 members (excludes halogenated alkanes) is 1. The highest BCUT2D eigenvalue weighted by Gasteiger charge is 2.28. The van der Waals surface area contributed by atoms with Crippen LogP contribution in [0.5, 0.6) is 0 Å². The molecule has 5 nitrogen and oxygen atoms in total. The predicted octanol–water partition coefficient (Wildman–Crippen LogP) is 3.03. The SMILES string of the molecule is CCCCSCC(O)/C=C/[C@H]1CCC(=O)N1CCSCCCC(=O)O. The van der Waals surface area contributed by atoms with E-state index < -0.39 is 12.1 Å². The largest absolute Gasteiger partial charge is 0.481 e. The van der Waals surface area contributed by atoms with Crippen LogP contribution in [0.25, 0.3) is 0 Å². The molecule has 1 rings (SSSR count). The summed E-state index contributed by atoms with van der Waals surface area (Å²) in [6.45, 7) is 2.85. The number of carboxylic acid groups (broad SMARTS) is 1. The second kappa shape index (κ2) is 13.5. The number of carbonyl (C=O) groups excluding carboxylic acids is 1. The maximum absolute atomic E-state index is 12.0. The minimum Gasteiger partial charge on any atom is -0.481 e. The fourth-order valence-corrected chi connectivity index (χ4v) is 4.49. The number of aliphatic carboxylic acids is 1. The summed E-state index contributed by atoms with van der Waals surface area (Å²) in [7, 11) is 0. The Kier molecular flexibility index (Phi) is 12.1. The van der Waals surface area contributed by atoms with Gasteiger partial charge in [-0.1, -0.05) is 25.5 Å². The molecule has 0 radical (unpaired) electrons. The zero-order valence-corrected chi connectivity index (χ0v) is 16.7. The number of carboxylic acids is 1. The van der Waals surface area contributed by atoms with Crippen molar-refractivity contribution in [1.29, 1.82) is 0 Å². The standard InChI is InChI=1S/C18H31NO4S2/c1-2-3-11-25-14-16(20)8-6-15-7-9-17(21)19(15)10-13-24-12-4-5-18(22)23/h6,8,15-16,20H,2-5,7,9-14H2,1H3,(H,22,23)/b8-6+/t15-,16?/m0/s1. The van der Waals surface area contributed by atoms with E-state index in [1.165, 1.54) is 12.8 Å². The molecule has 0 bridgehead atoms. The molecule has 1 aliphatic heterocycles. The van der Waals surface area contributed by atoms with Crippen LogP contribution in [-0.4, -0.2) is 68.7 Å². The first-order valence-corrected chi connectivity index (χ1v) is 11.4. The monoisotopic (exact) mass is 389 g/mol. The van der Waals surface area contributed by atoms with Gasteiger partial charge in [-0.25, -0.2) is 0 Å². The molecular weight excluding hydrogens is 358 g/mol. The quantitative estimate of drug-likeness (QED) is 0.351. The molecule has 1 unspecified atom stereocenters. The lowest BCUT2D eigenvalue weighted by atomic mass is 10.2. The Morgan fingerprint density at radius 2 is 2.08 bits per heavy atom. The maximum Gasteiger partial charge on any atom is 0.303 e. The summed E-state index contributed by atoms with van der Waals surface area (Å²) >= 11 is 3.46. The lowest BCUT2D eigenvalue weighted by Gasteiger charge is -2.22. The number of aliphatic hydroxyl groups excluding tert-OH is 1. The smallest absolute Gasteiger partial charge is 0.303 e. The van der Waals surface area contributed by atoms with Crippen LogP contribution in [0.4, 0.5) is 0 Å². The Bertz CT molecular complexity index is 431. The van der Waals surface area contributed by atoms with Gasteiger partial charge in [0.25, 0.3) is 0 Å². The highest BCUT2D eigenvalue weighted by Crippen LogP contribution is 2.21. The first kappa shape index (κ1) is 22.4. The summed E-state index contributed by atoms with van der Waals surface area (Å²) in [5.41, 5.74) is 0. The molecule has 25 heavy (non-hydrogen) atoms. The van der Waals surface area contributed by atoms with Crippen LogP contribution in [-0.2, 0) is 9.59 Å². The van der Waals surface area contributed by atoms with Gasteiger partial charge in [0, 0.05) is 30.9 Å². The van der Waals surface area contributed by atoms with Gasteiger partial charge in [0.05, 0.1) is 12.1 Å². The third kappa shape index (κ3) is 10.2. The van der Waals surface area contributed by atoms with E-state index in [9.17, 15) is 14.7 Å². The van der Waals surface area contributed by atoms with Crippen LogP contribution in [0.1, 0.15) is 45.4 Å².